The molecule has 0 heterocycles. The van der Waals surface area contributed by atoms with Gasteiger partial charge in [-0.15, -0.1) is 0 Å². The van der Waals surface area contributed by atoms with Gasteiger partial charge in [0.05, 0.1) is 6.04 Å². The van der Waals surface area contributed by atoms with E-state index in [1.54, 1.807) is 30.3 Å². The first kappa shape index (κ1) is 34.8. The lowest BCUT2D eigenvalue weighted by Crippen LogP contribution is -2.57. The van der Waals surface area contributed by atoms with Gasteiger partial charge in [-0.2, -0.15) is 0 Å². The first-order chi connectivity index (χ1) is 19.4. The number of carbonyl (C=O) groups excluding carboxylic acids is 4. The lowest BCUT2D eigenvalue weighted by molar-refractivity contribution is -0.142. The summed E-state index contributed by atoms with van der Waals surface area (Å²) in [5.74, 6) is -4.27. The number of hydrogen-bond donors (Lipinski definition) is 9. The van der Waals surface area contributed by atoms with Crippen LogP contribution in [0.2, 0.25) is 0 Å². The van der Waals surface area contributed by atoms with Gasteiger partial charge in [-0.05, 0) is 44.2 Å². The maximum Gasteiger partial charge on any atom is 0.326 e. The predicted molar refractivity (Wildman–Crippen MR) is 153 cm³/mol. The minimum absolute atomic E-state index is 0.0428. The van der Waals surface area contributed by atoms with Crippen molar-refractivity contribution in [1.29, 1.82) is 0 Å². The Labute approximate surface area is 239 Å². The molecule has 0 saturated heterocycles. The van der Waals surface area contributed by atoms with Crippen molar-refractivity contribution < 1.29 is 29.1 Å². The summed E-state index contributed by atoms with van der Waals surface area (Å²) in [4.78, 5) is 66.0. The molecule has 1 aromatic rings. The first-order valence-corrected chi connectivity index (χ1v) is 13.4. The van der Waals surface area contributed by atoms with E-state index in [1.165, 1.54) is 0 Å². The van der Waals surface area contributed by atoms with E-state index in [9.17, 15) is 29.1 Å². The summed E-state index contributed by atoms with van der Waals surface area (Å²) in [5.41, 5.74) is 28.1. The molecule has 0 spiro atoms. The average Bonchev–Trinajstić information content (AvgIpc) is 2.92. The average molecular weight is 578 g/mol. The Balaban J connectivity index is 3.13. The summed E-state index contributed by atoms with van der Waals surface area (Å²) in [7, 11) is 0. The molecule has 0 aliphatic rings. The van der Waals surface area contributed by atoms with Crippen molar-refractivity contribution in [2.75, 3.05) is 13.1 Å². The molecule has 0 aliphatic carbocycles. The lowest BCUT2D eigenvalue weighted by Gasteiger charge is -2.25. The number of carboxylic acid groups (broad SMARTS) is 1. The summed E-state index contributed by atoms with van der Waals surface area (Å²) in [5, 5.41) is 17.1. The van der Waals surface area contributed by atoms with Crippen LogP contribution in [0.1, 0.15) is 50.5 Å². The minimum atomic E-state index is -1.42. The number of nitrogens with zero attached hydrogens (tertiary/aromatic N) is 1. The van der Waals surface area contributed by atoms with Crippen LogP contribution < -0.4 is 44.6 Å². The third-order valence-corrected chi connectivity index (χ3v) is 6.09. The molecule has 0 aromatic heterocycles. The number of amides is 4. The minimum Gasteiger partial charge on any atom is -0.480 e. The van der Waals surface area contributed by atoms with Crippen molar-refractivity contribution in [1.82, 2.24) is 16.0 Å². The van der Waals surface area contributed by atoms with Crippen LogP contribution in [0.15, 0.2) is 35.3 Å². The Bertz CT molecular complexity index is 1030. The molecule has 15 nitrogen and oxygen atoms in total. The number of hydrogen-bond acceptors (Lipinski definition) is 8. The molecule has 0 bridgehead atoms. The Morgan fingerprint density at radius 2 is 1.39 bits per heavy atom. The summed E-state index contributed by atoms with van der Waals surface area (Å²) in [6.45, 7) is 0.610. The van der Waals surface area contributed by atoms with E-state index in [2.05, 4.69) is 20.9 Å². The number of primary amides is 1. The monoisotopic (exact) mass is 577 g/mol. The Hall–Kier alpha value is -4.24. The smallest absolute Gasteiger partial charge is 0.326 e. The number of rotatable bonds is 20. The standard InChI is InChI=1S/C26H43N9O6/c27-13-5-4-9-17(28)22(37)35-20(15-16-7-2-1-3-8-16)24(39)33-18(10-6-14-32-26(30)31)23(38)34-19(25(40)41)11-12-21(29)36/h1-3,7-8,17-20H,4-6,9-15,27-28H2,(H2,29,36)(H,33,39)(H,34,38)(H,35,37)(H,40,41)(H4,30,31,32). The molecular weight excluding hydrogens is 534 g/mol. The molecule has 15 heteroatoms. The van der Waals surface area contributed by atoms with Crippen molar-refractivity contribution in [2.24, 2.45) is 33.7 Å². The second-order valence-corrected chi connectivity index (χ2v) is 9.56. The summed E-state index contributed by atoms with van der Waals surface area (Å²) >= 11 is 0. The van der Waals surface area contributed by atoms with Gasteiger partial charge in [0.1, 0.15) is 18.1 Å². The topological polar surface area (TPSA) is 284 Å². The van der Waals surface area contributed by atoms with Gasteiger partial charge in [0.15, 0.2) is 5.96 Å². The van der Waals surface area contributed by atoms with Crippen LogP contribution in [0, 0.1) is 0 Å². The van der Waals surface area contributed by atoms with E-state index in [0.29, 0.717) is 25.8 Å². The molecule has 0 fully saturated rings. The Kier molecular flexibility index (Phi) is 16.1. The summed E-state index contributed by atoms with van der Waals surface area (Å²) in [6.07, 6.45) is 1.61. The molecule has 0 aliphatic heterocycles. The van der Waals surface area contributed by atoms with Gasteiger partial charge in [-0.1, -0.05) is 36.8 Å². The quantitative estimate of drug-likeness (QED) is 0.0447. The van der Waals surface area contributed by atoms with Crippen LogP contribution in [0.3, 0.4) is 0 Å². The van der Waals surface area contributed by atoms with E-state index < -0.39 is 53.8 Å². The zero-order chi connectivity index (χ0) is 30.8. The molecule has 4 unspecified atom stereocenters. The SMILES string of the molecule is NCCCCC(N)C(=O)NC(Cc1ccccc1)C(=O)NC(CCCN=C(N)N)C(=O)NC(CCC(N)=O)C(=O)O. The normalized spacial score (nSPS) is 13.6. The zero-order valence-corrected chi connectivity index (χ0v) is 23.1. The highest BCUT2D eigenvalue weighted by Gasteiger charge is 2.30. The number of guanidine groups is 1. The number of aliphatic carboxylic acids is 1. The molecule has 1 rings (SSSR count). The van der Waals surface area contributed by atoms with Crippen LogP contribution in [-0.4, -0.2) is 77.9 Å². The molecule has 0 saturated carbocycles. The summed E-state index contributed by atoms with van der Waals surface area (Å²) < 4.78 is 0. The van der Waals surface area contributed by atoms with Crippen molar-refractivity contribution in [3.63, 3.8) is 0 Å². The number of aliphatic imine (C=N–C) groups is 1. The molecule has 0 radical (unpaired) electrons. The highest BCUT2D eigenvalue weighted by molar-refractivity contribution is 5.94. The molecule has 4 amide bonds. The van der Waals surface area contributed by atoms with E-state index in [1.807, 2.05) is 0 Å². The molecule has 4 atom stereocenters. The maximum atomic E-state index is 13.4. The molecular formula is C26H43N9O6. The third kappa shape index (κ3) is 14.6. The number of carboxylic acids is 1. The van der Waals surface area contributed by atoms with Crippen molar-refractivity contribution in [3.8, 4) is 0 Å². The fourth-order valence-electron chi connectivity index (χ4n) is 3.84. The van der Waals surface area contributed by atoms with Gasteiger partial charge < -0.3 is 49.7 Å². The molecule has 41 heavy (non-hydrogen) atoms. The maximum absolute atomic E-state index is 13.4. The van der Waals surface area contributed by atoms with E-state index >= 15 is 0 Å². The van der Waals surface area contributed by atoms with Gasteiger partial charge in [-0.25, -0.2) is 4.79 Å². The lowest BCUT2D eigenvalue weighted by atomic mass is 10.0. The van der Waals surface area contributed by atoms with Crippen molar-refractivity contribution in [3.05, 3.63) is 35.9 Å². The van der Waals surface area contributed by atoms with Crippen LogP contribution in [-0.2, 0) is 30.4 Å². The molecule has 14 N–H and O–H groups in total. The number of nitrogens with one attached hydrogen (secondary N) is 3. The largest absolute Gasteiger partial charge is 0.480 e. The van der Waals surface area contributed by atoms with E-state index in [0.717, 1.165) is 5.56 Å². The Morgan fingerprint density at radius 1 is 0.780 bits per heavy atom. The van der Waals surface area contributed by atoms with Crippen LogP contribution in [0.25, 0.3) is 0 Å². The van der Waals surface area contributed by atoms with Crippen LogP contribution in [0.4, 0.5) is 0 Å². The third-order valence-electron chi connectivity index (χ3n) is 6.09. The van der Waals surface area contributed by atoms with E-state index in [4.69, 9.17) is 28.7 Å². The van der Waals surface area contributed by atoms with Gasteiger partial charge in [0.2, 0.25) is 23.6 Å². The van der Waals surface area contributed by atoms with E-state index in [-0.39, 0.29) is 44.6 Å². The zero-order valence-electron chi connectivity index (χ0n) is 23.1. The summed E-state index contributed by atoms with van der Waals surface area (Å²) in [6, 6.07) is 4.34. The fraction of sp³-hybridized carbons (Fsp3) is 0.538. The number of nitrogens with two attached hydrogens (primary N) is 5. The first-order valence-electron chi connectivity index (χ1n) is 13.4. The number of benzene rings is 1. The highest BCUT2D eigenvalue weighted by atomic mass is 16.4. The predicted octanol–water partition coefficient (Wildman–Crippen LogP) is -2.46. The van der Waals surface area contributed by atoms with Crippen LogP contribution in [0.5, 0.6) is 0 Å². The van der Waals surface area contributed by atoms with Crippen LogP contribution >= 0.6 is 0 Å². The Morgan fingerprint density at radius 3 is 1.98 bits per heavy atom. The number of carbonyl (C=O) groups is 5. The fourth-order valence-corrected chi connectivity index (χ4v) is 3.84. The van der Waals surface area contributed by atoms with Gasteiger partial charge >= 0.3 is 5.97 Å². The van der Waals surface area contributed by atoms with Crippen molar-refractivity contribution in [2.45, 2.75) is 75.5 Å². The molecule has 1 aromatic carbocycles. The van der Waals surface area contributed by atoms with Gasteiger partial charge in [0.25, 0.3) is 0 Å². The van der Waals surface area contributed by atoms with Gasteiger partial charge in [0, 0.05) is 19.4 Å². The second-order valence-electron chi connectivity index (χ2n) is 9.56. The number of unbranched alkanes of at least 4 members (excludes halogenated alkanes) is 1. The van der Waals surface area contributed by atoms with Crippen molar-refractivity contribution >= 4 is 35.6 Å². The molecule has 228 valence electrons. The second kappa shape index (κ2) is 18.9. The van der Waals surface area contributed by atoms with Gasteiger partial charge in [-0.3, -0.25) is 24.2 Å². The highest BCUT2D eigenvalue weighted by Crippen LogP contribution is 2.08.